The van der Waals surface area contributed by atoms with E-state index in [0.717, 1.165) is 18.8 Å². The molecule has 0 aromatic heterocycles. The van der Waals surface area contributed by atoms with Gasteiger partial charge in [-0.15, -0.1) is 0 Å². The molecule has 2 amide bonds. The number of benzene rings is 2. The van der Waals surface area contributed by atoms with Crippen molar-refractivity contribution in [2.24, 2.45) is 0 Å². The summed E-state index contributed by atoms with van der Waals surface area (Å²) in [4.78, 5) is 40.0. The fourth-order valence-electron chi connectivity index (χ4n) is 4.43. The zero-order valence-corrected chi connectivity index (χ0v) is 17.1. The van der Waals surface area contributed by atoms with Crippen molar-refractivity contribution >= 4 is 23.2 Å². The number of hydrogen-bond acceptors (Lipinski definition) is 6. The van der Waals surface area contributed by atoms with Gasteiger partial charge in [0.2, 0.25) is 5.91 Å². The normalized spacial score (nSPS) is 18.1. The summed E-state index contributed by atoms with van der Waals surface area (Å²) in [7, 11) is 0. The Labute approximate surface area is 180 Å². The zero-order valence-electron chi connectivity index (χ0n) is 17.1. The third kappa shape index (κ3) is 4.09. The Hall–Kier alpha value is -3.46. The summed E-state index contributed by atoms with van der Waals surface area (Å²) >= 11 is 0. The molecule has 162 valence electrons. The molecule has 2 heterocycles. The lowest BCUT2D eigenvalue weighted by Crippen LogP contribution is -2.57. The SMILES string of the molecule is O=C(NCCN1CCC2(CC1)C(=O)NCN2c1ccccc1)c1ccccc1[N+](=O)[O-]. The van der Waals surface area contributed by atoms with Crippen molar-refractivity contribution in [2.45, 2.75) is 18.4 Å². The molecule has 2 aromatic carbocycles. The first kappa shape index (κ1) is 20.8. The summed E-state index contributed by atoms with van der Waals surface area (Å²) in [6.07, 6.45) is 1.40. The Morgan fingerprint density at radius 1 is 1.10 bits per heavy atom. The lowest BCUT2D eigenvalue weighted by Gasteiger charge is -2.43. The molecule has 0 atom stereocenters. The number of rotatable bonds is 6. The lowest BCUT2D eigenvalue weighted by atomic mass is 9.85. The van der Waals surface area contributed by atoms with Crippen molar-refractivity contribution in [1.82, 2.24) is 15.5 Å². The van der Waals surface area contributed by atoms with Gasteiger partial charge in [-0.1, -0.05) is 30.3 Å². The molecule has 2 aromatic rings. The summed E-state index contributed by atoms with van der Waals surface area (Å²) in [5.41, 5.74) is 0.358. The number of carbonyl (C=O) groups excluding carboxylic acids is 2. The van der Waals surface area contributed by atoms with Gasteiger partial charge in [-0.2, -0.15) is 0 Å². The molecular formula is C22H25N5O4. The number of hydrogen-bond donors (Lipinski definition) is 2. The molecule has 0 radical (unpaired) electrons. The van der Waals surface area contributed by atoms with E-state index in [-0.39, 0.29) is 17.2 Å². The van der Waals surface area contributed by atoms with E-state index in [0.29, 0.717) is 32.6 Å². The molecular weight excluding hydrogens is 398 g/mol. The molecule has 0 saturated carbocycles. The predicted octanol–water partition coefficient (Wildman–Crippen LogP) is 1.75. The quantitative estimate of drug-likeness (QED) is 0.541. The van der Waals surface area contributed by atoms with Crippen molar-refractivity contribution in [3.8, 4) is 0 Å². The van der Waals surface area contributed by atoms with Crippen LogP contribution in [0.5, 0.6) is 0 Å². The van der Waals surface area contributed by atoms with Gasteiger partial charge < -0.3 is 20.4 Å². The van der Waals surface area contributed by atoms with Gasteiger partial charge in [0, 0.05) is 37.9 Å². The largest absolute Gasteiger partial charge is 0.351 e. The van der Waals surface area contributed by atoms with Gasteiger partial charge in [0.25, 0.3) is 11.6 Å². The highest BCUT2D eigenvalue weighted by molar-refractivity contribution is 5.98. The van der Waals surface area contributed by atoms with Gasteiger partial charge in [-0.25, -0.2) is 0 Å². The van der Waals surface area contributed by atoms with E-state index in [1.54, 1.807) is 6.07 Å². The number of amides is 2. The number of anilines is 1. The highest BCUT2D eigenvalue weighted by Crippen LogP contribution is 2.36. The number of nitrogens with one attached hydrogen (secondary N) is 2. The second kappa shape index (κ2) is 8.73. The average Bonchev–Trinajstić information content (AvgIpc) is 3.11. The van der Waals surface area contributed by atoms with Crippen LogP contribution in [0.1, 0.15) is 23.2 Å². The van der Waals surface area contributed by atoms with E-state index in [2.05, 4.69) is 20.4 Å². The first-order valence-corrected chi connectivity index (χ1v) is 10.4. The van der Waals surface area contributed by atoms with Crippen molar-refractivity contribution in [3.63, 3.8) is 0 Å². The van der Waals surface area contributed by atoms with Crippen molar-refractivity contribution in [2.75, 3.05) is 37.7 Å². The van der Waals surface area contributed by atoms with E-state index in [1.165, 1.54) is 18.2 Å². The first-order valence-electron chi connectivity index (χ1n) is 10.4. The van der Waals surface area contributed by atoms with Crippen LogP contribution in [0.2, 0.25) is 0 Å². The monoisotopic (exact) mass is 423 g/mol. The van der Waals surface area contributed by atoms with E-state index in [4.69, 9.17) is 0 Å². The number of nitro groups is 1. The maximum Gasteiger partial charge on any atom is 0.282 e. The molecule has 0 unspecified atom stereocenters. The summed E-state index contributed by atoms with van der Waals surface area (Å²) < 4.78 is 0. The molecule has 4 rings (SSSR count). The van der Waals surface area contributed by atoms with E-state index in [9.17, 15) is 19.7 Å². The fourth-order valence-corrected chi connectivity index (χ4v) is 4.43. The number of nitrogens with zero attached hydrogens (tertiary/aromatic N) is 3. The van der Waals surface area contributed by atoms with Gasteiger partial charge >= 0.3 is 0 Å². The van der Waals surface area contributed by atoms with Gasteiger partial charge in [-0.3, -0.25) is 19.7 Å². The van der Waals surface area contributed by atoms with Crippen LogP contribution in [-0.4, -0.2) is 60.0 Å². The Kier molecular flexibility index (Phi) is 5.85. The van der Waals surface area contributed by atoms with Crippen molar-refractivity contribution in [3.05, 3.63) is 70.3 Å². The third-order valence-corrected chi connectivity index (χ3v) is 6.15. The molecule has 1 spiro atoms. The Morgan fingerprint density at radius 2 is 1.77 bits per heavy atom. The molecule has 0 bridgehead atoms. The lowest BCUT2D eigenvalue weighted by molar-refractivity contribution is -0.385. The summed E-state index contributed by atoms with van der Waals surface area (Å²) in [5, 5.41) is 16.9. The molecule has 2 aliphatic heterocycles. The van der Waals surface area contributed by atoms with Gasteiger partial charge in [0.15, 0.2) is 0 Å². The standard InChI is InChI=1S/C22H25N5O4/c28-20(18-8-4-5-9-19(18)27(30)31)23-12-15-25-13-10-22(11-14-25)21(29)24-16-26(22)17-6-2-1-3-7-17/h1-9H,10-16H2,(H,23,28)(H,24,29). The van der Waals surface area contributed by atoms with Gasteiger partial charge in [0.05, 0.1) is 11.6 Å². The number of para-hydroxylation sites is 2. The molecule has 2 N–H and O–H groups in total. The highest BCUT2D eigenvalue weighted by Gasteiger charge is 2.50. The van der Waals surface area contributed by atoms with Crippen LogP contribution < -0.4 is 15.5 Å². The molecule has 2 saturated heterocycles. The Morgan fingerprint density at radius 3 is 2.48 bits per heavy atom. The summed E-state index contributed by atoms with van der Waals surface area (Å²) in [6.45, 7) is 2.98. The molecule has 2 aliphatic rings. The molecule has 9 nitrogen and oxygen atoms in total. The second-order valence-corrected chi connectivity index (χ2v) is 7.83. The van der Waals surface area contributed by atoms with E-state index < -0.39 is 16.4 Å². The van der Waals surface area contributed by atoms with Crippen molar-refractivity contribution < 1.29 is 14.5 Å². The van der Waals surface area contributed by atoms with E-state index >= 15 is 0 Å². The number of piperidine rings is 1. The van der Waals surface area contributed by atoms with E-state index in [1.807, 2.05) is 30.3 Å². The highest BCUT2D eigenvalue weighted by atomic mass is 16.6. The summed E-state index contributed by atoms with van der Waals surface area (Å²) in [6, 6.07) is 15.9. The third-order valence-electron chi connectivity index (χ3n) is 6.15. The smallest absolute Gasteiger partial charge is 0.282 e. The van der Waals surface area contributed by atoms with Crippen LogP contribution >= 0.6 is 0 Å². The maximum atomic E-state index is 12.7. The number of nitro benzene ring substituents is 1. The summed E-state index contributed by atoms with van der Waals surface area (Å²) in [5.74, 6) is -0.383. The fraction of sp³-hybridized carbons (Fsp3) is 0.364. The van der Waals surface area contributed by atoms with Crippen LogP contribution in [0.4, 0.5) is 11.4 Å². The minimum Gasteiger partial charge on any atom is -0.351 e. The average molecular weight is 423 g/mol. The Balaban J connectivity index is 1.32. The van der Waals surface area contributed by atoms with Crippen LogP contribution in [0.25, 0.3) is 0 Å². The number of carbonyl (C=O) groups is 2. The van der Waals surface area contributed by atoms with Crippen LogP contribution in [0.3, 0.4) is 0 Å². The predicted molar refractivity (Wildman–Crippen MR) is 116 cm³/mol. The van der Waals surface area contributed by atoms with Gasteiger partial charge in [0.1, 0.15) is 11.1 Å². The molecule has 0 aliphatic carbocycles. The second-order valence-electron chi connectivity index (χ2n) is 7.83. The zero-order chi connectivity index (χ0) is 21.8. The van der Waals surface area contributed by atoms with Crippen LogP contribution in [-0.2, 0) is 4.79 Å². The topological polar surface area (TPSA) is 108 Å². The first-order chi connectivity index (χ1) is 15.0. The minimum absolute atomic E-state index is 0.0613. The van der Waals surface area contributed by atoms with Crippen LogP contribution in [0.15, 0.2) is 54.6 Å². The maximum absolute atomic E-state index is 12.7. The minimum atomic E-state index is -0.551. The molecule has 2 fully saturated rings. The van der Waals surface area contributed by atoms with Crippen molar-refractivity contribution in [1.29, 1.82) is 0 Å². The molecule has 9 heteroatoms. The number of likely N-dealkylation sites (tertiary alicyclic amines) is 1. The van der Waals surface area contributed by atoms with Gasteiger partial charge in [-0.05, 0) is 31.0 Å². The van der Waals surface area contributed by atoms with Crippen LogP contribution in [0, 0.1) is 10.1 Å². The Bertz CT molecular complexity index is 973. The molecule has 31 heavy (non-hydrogen) atoms.